The van der Waals surface area contributed by atoms with E-state index in [-0.39, 0.29) is 11.3 Å². The van der Waals surface area contributed by atoms with Gasteiger partial charge in [0.2, 0.25) is 0 Å². The Morgan fingerprint density at radius 2 is 1.96 bits per heavy atom. The minimum atomic E-state index is -0.755. The van der Waals surface area contributed by atoms with Crippen LogP contribution in [0.2, 0.25) is 0 Å². The zero-order valence-corrected chi connectivity index (χ0v) is 15.5. The summed E-state index contributed by atoms with van der Waals surface area (Å²) in [5.41, 5.74) is 0.405. The summed E-state index contributed by atoms with van der Waals surface area (Å²) >= 11 is 0. The molecule has 1 aromatic carbocycles. The third kappa shape index (κ3) is 3.02. The Hall–Kier alpha value is -3.22. The van der Waals surface area contributed by atoms with E-state index in [9.17, 15) is 14.7 Å². The molecule has 0 spiro atoms. The van der Waals surface area contributed by atoms with Crippen molar-refractivity contribution in [1.29, 1.82) is 0 Å². The summed E-state index contributed by atoms with van der Waals surface area (Å²) in [4.78, 5) is 26.9. The lowest BCUT2D eigenvalue weighted by Crippen LogP contribution is -2.30. The van der Waals surface area contributed by atoms with E-state index in [0.717, 1.165) is 12.8 Å². The lowest BCUT2D eigenvalue weighted by Gasteiger charge is -2.23. The van der Waals surface area contributed by atoms with Gasteiger partial charge in [-0.2, -0.15) is 0 Å². The summed E-state index contributed by atoms with van der Waals surface area (Å²) in [6.45, 7) is 3.28. The molecule has 2 aliphatic rings. The molecule has 0 bridgehead atoms. The van der Waals surface area contributed by atoms with Crippen molar-refractivity contribution in [2.75, 3.05) is 19.8 Å². The number of Topliss-reactive ketones (excluding diaryl/α,β-unsaturated/α-hetero) is 1. The average molecular weight is 383 g/mol. The van der Waals surface area contributed by atoms with Gasteiger partial charge in [-0.3, -0.25) is 9.59 Å². The van der Waals surface area contributed by atoms with Crippen LogP contribution in [0, 0.1) is 0 Å². The van der Waals surface area contributed by atoms with Gasteiger partial charge in [0.15, 0.2) is 11.5 Å². The normalized spacial score (nSPS) is 20.6. The number of ether oxygens (including phenoxy) is 2. The Morgan fingerprint density at radius 3 is 2.68 bits per heavy atom. The van der Waals surface area contributed by atoms with Gasteiger partial charge in [0, 0.05) is 12.1 Å². The highest BCUT2D eigenvalue weighted by Gasteiger charge is 2.47. The molecule has 0 saturated carbocycles. The predicted octanol–water partition coefficient (Wildman–Crippen LogP) is 3.27. The lowest BCUT2D eigenvalue weighted by molar-refractivity contribution is -0.140. The lowest BCUT2D eigenvalue weighted by atomic mass is 9.99. The molecule has 0 radical (unpaired) electrons. The first-order valence-electron chi connectivity index (χ1n) is 9.33. The molecule has 2 aliphatic heterocycles. The number of ketones is 1. The quantitative estimate of drug-likeness (QED) is 0.484. The number of aliphatic hydroxyl groups excluding tert-OH is 1. The second-order valence-electron chi connectivity index (χ2n) is 6.72. The summed E-state index contributed by atoms with van der Waals surface area (Å²) in [6.07, 6.45) is 3.10. The van der Waals surface area contributed by atoms with Crippen molar-refractivity contribution in [2.24, 2.45) is 0 Å². The van der Waals surface area contributed by atoms with Gasteiger partial charge in [-0.15, -0.1) is 0 Å². The number of unbranched alkanes of at least 4 members (excludes halogenated alkanes) is 1. The van der Waals surface area contributed by atoms with Gasteiger partial charge < -0.3 is 23.9 Å². The number of furan rings is 1. The zero-order valence-electron chi connectivity index (χ0n) is 15.5. The molecule has 1 saturated heterocycles. The molecular formula is C21H21NO6. The van der Waals surface area contributed by atoms with Crippen LogP contribution in [0.5, 0.6) is 11.5 Å². The molecule has 7 heteroatoms. The average Bonchev–Trinajstić information content (AvgIpc) is 3.33. The maximum Gasteiger partial charge on any atom is 0.295 e. The summed E-state index contributed by atoms with van der Waals surface area (Å²) < 4.78 is 16.5. The van der Waals surface area contributed by atoms with Gasteiger partial charge in [-0.1, -0.05) is 13.3 Å². The van der Waals surface area contributed by atoms with Crippen molar-refractivity contribution >= 4 is 17.4 Å². The molecule has 28 heavy (non-hydrogen) atoms. The minimum absolute atomic E-state index is 0.0210. The summed E-state index contributed by atoms with van der Waals surface area (Å²) in [7, 11) is 0. The zero-order chi connectivity index (χ0) is 19.7. The van der Waals surface area contributed by atoms with Crippen LogP contribution in [0.3, 0.4) is 0 Å². The minimum Gasteiger partial charge on any atom is -0.507 e. The first-order valence-corrected chi connectivity index (χ1v) is 9.33. The second-order valence-corrected chi connectivity index (χ2v) is 6.72. The smallest absolute Gasteiger partial charge is 0.295 e. The van der Waals surface area contributed by atoms with Crippen molar-refractivity contribution in [3.05, 3.63) is 53.5 Å². The van der Waals surface area contributed by atoms with Crippen molar-refractivity contribution in [3.63, 3.8) is 0 Å². The monoisotopic (exact) mass is 383 g/mol. The van der Waals surface area contributed by atoms with Crippen LogP contribution in [0.25, 0.3) is 5.76 Å². The Labute approximate surface area is 162 Å². The maximum absolute atomic E-state index is 12.8. The van der Waals surface area contributed by atoms with Gasteiger partial charge >= 0.3 is 0 Å². The molecule has 1 amide bonds. The highest BCUT2D eigenvalue weighted by molar-refractivity contribution is 6.46. The standard InChI is InChI=1S/C21H21NO6/c1-2-3-8-22-18(15-5-4-9-26-15)17(20(24)21(22)25)19(23)13-6-7-14-16(12-13)28-11-10-27-14/h4-7,9,12,18,23H,2-3,8,10-11H2,1H3/b19-17-. The number of amides is 1. The largest absolute Gasteiger partial charge is 0.507 e. The van der Waals surface area contributed by atoms with E-state index in [4.69, 9.17) is 13.9 Å². The highest BCUT2D eigenvalue weighted by Crippen LogP contribution is 2.41. The first-order chi connectivity index (χ1) is 13.6. The fraction of sp³-hybridized carbons (Fsp3) is 0.333. The van der Waals surface area contributed by atoms with Crippen LogP contribution in [-0.4, -0.2) is 41.5 Å². The number of likely N-dealkylation sites (tertiary alicyclic amines) is 1. The Bertz CT molecular complexity index is 930. The Balaban J connectivity index is 1.80. The van der Waals surface area contributed by atoms with Gasteiger partial charge in [0.05, 0.1) is 11.8 Å². The van der Waals surface area contributed by atoms with E-state index in [2.05, 4.69) is 0 Å². The third-order valence-corrected chi connectivity index (χ3v) is 4.92. The van der Waals surface area contributed by atoms with E-state index in [0.29, 0.717) is 42.6 Å². The van der Waals surface area contributed by atoms with Crippen LogP contribution in [0.4, 0.5) is 0 Å². The predicted molar refractivity (Wildman–Crippen MR) is 100 cm³/mol. The van der Waals surface area contributed by atoms with Crippen molar-refractivity contribution in [2.45, 2.75) is 25.8 Å². The van der Waals surface area contributed by atoms with Gasteiger partial charge in [-0.05, 0) is 36.8 Å². The molecular weight excluding hydrogens is 362 g/mol. The Kier molecular flexibility index (Phi) is 4.81. The summed E-state index contributed by atoms with van der Waals surface area (Å²) in [5.74, 6) is -0.0946. The van der Waals surface area contributed by atoms with Crippen LogP contribution >= 0.6 is 0 Å². The van der Waals surface area contributed by atoms with Crippen molar-refractivity contribution in [1.82, 2.24) is 4.90 Å². The molecule has 4 rings (SSSR count). The number of benzene rings is 1. The Morgan fingerprint density at radius 1 is 1.18 bits per heavy atom. The number of aliphatic hydroxyl groups is 1. The van der Waals surface area contributed by atoms with Crippen molar-refractivity contribution < 1.29 is 28.6 Å². The van der Waals surface area contributed by atoms with Crippen molar-refractivity contribution in [3.8, 4) is 11.5 Å². The number of hydrogen-bond acceptors (Lipinski definition) is 6. The van der Waals surface area contributed by atoms with Gasteiger partial charge in [-0.25, -0.2) is 0 Å². The molecule has 1 atom stereocenters. The molecule has 1 fully saturated rings. The molecule has 7 nitrogen and oxygen atoms in total. The maximum atomic E-state index is 12.8. The number of fused-ring (bicyclic) bond motifs is 1. The second kappa shape index (κ2) is 7.42. The number of hydrogen-bond donors (Lipinski definition) is 1. The third-order valence-electron chi connectivity index (χ3n) is 4.92. The molecule has 1 unspecified atom stereocenters. The summed E-state index contributed by atoms with van der Waals surface area (Å²) in [6, 6.07) is 7.57. The van der Waals surface area contributed by atoms with Gasteiger partial charge in [0.1, 0.15) is 30.8 Å². The topological polar surface area (TPSA) is 89.2 Å². The SMILES string of the molecule is CCCCN1C(=O)C(=O)/C(=C(\O)c2ccc3c(c2)OCCO3)C1c1ccco1. The van der Waals surface area contributed by atoms with Crippen LogP contribution in [-0.2, 0) is 9.59 Å². The fourth-order valence-corrected chi connectivity index (χ4v) is 3.53. The summed E-state index contributed by atoms with van der Waals surface area (Å²) in [5, 5.41) is 11.0. The fourth-order valence-electron chi connectivity index (χ4n) is 3.53. The molecule has 3 heterocycles. The number of nitrogens with zero attached hydrogens (tertiary/aromatic N) is 1. The van der Waals surface area contributed by atoms with E-state index < -0.39 is 17.7 Å². The van der Waals surface area contributed by atoms with Gasteiger partial charge in [0.25, 0.3) is 11.7 Å². The molecule has 1 aromatic heterocycles. The van der Waals surface area contributed by atoms with E-state index in [1.54, 1.807) is 30.3 Å². The number of rotatable bonds is 5. The number of carbonyl (C=O) groups excluding carboxylic acids is 2. The van der Waals surface area contributed by atoms with E-state index in [1.165, 1.54) is 11.2 Å². The van der Waals surface area contributed by atoms with Crippen LogP contribution in [0.1, 0.15) is 37.1 Å². The van der Waals surface area contributed by atoms with Crippen LogP contribution in [0.15, 0.2) is 46.6 Å². The molecule has 146 valence electrons. The molecule has 2 aromatic rings. The van der Waals surface area contributed by atoms with E-state index >= 15 is 0 Å². The first kappa shape index (κ1) is 18.2. The number of carbonyl (C=O) groups is 2. The van der Waals surface area contributed by atoms with E-state index in [1.807, 2.05) is 6.92 Å². The van der Waals surface area contributed by atoms with Crippen LogP contribution < -0.4 is 9.47 Å². The molecule has 0 aliphatic carbocycles. The highest BCUT2D eigenvalue weighted by atomic mass is 16.6. The molecule has 1 N–H and O–H groups in total.